The first-order chi connectivity index (χ1) is 14.4. The molecule has 0 saturated heterocycles. The van der Waals surface area contributed by atoms with Crippen molar-refractivity contribution in [2.75, 3.05) is 5.32 Å². The lowest BCUT2D eigenvalue weighted by atomic mass is 9.98. The van der Waals surface area contributed by atoms with Crippen molar-refractivity contribution < 1.29 is 14.0 Å². The molecule has 2 amide bonds. The van der Waals surface area contributed by atoms with E-state index in [0.29, 0.717) is 16.6 Å². The Bertz CT molecular complexity index is 1040. The molecule has 2 N–H and O–H groups in total. The summed E-state index contributed by atoms with van der Waals surface area (Å²) < 4.78 is 14.4. The van der Waals surface area contributed by atoms with Gasteiger partial charge >= 0.3 is 0 Å². The molecule has 3 rings (SSSR count). The van der Waals surface area contributed by atoms with Crippen molar-refractivity contribution in [2.45, 2.75) is 26.3 Å². The fourth-order valence-electron chi connectivity index (χ4n) is 2.72. The van der Waals surface area contributed by atoms with E-state index in [2.05, 4.69) is 36.8 Å². The molecule has 30 heavy (non-hydrogen) atoms. The highest BCUT2D eigenvalue weighted by Gasteiger charge is 2.27. The van der Waals surface area contributed by atoms with E-state index < -0.39 is 23.7 Å². The Hall–Kier alpha value is -2.65. The summed E-state index contributed by atoms with van der Waals surface area (Å²) in [5.41, 5.74) is 1.04. The minimum Gasteiger partial charge on any atom is -0.340 e. The molecule has 9 heteroatoms. The number of hydrogen-bond donors (Lipinski definition) is 2. The zero-order valence-corrected chi connectivity index (χ0v) is 18.8. The van der Waals surface area contributed by atoms with Gasteiger partial charge in [0.2, 0.25) is 11.0 Å². The smallest absolute Gasteiger partial charge is 0.252 e. The van der Waals surface area contributed by atoms with Crippen LogP contribution in [0.2, 0.25) is 0 Å². The number of anilines is 1. The van der Waals surface area contributed by atoms with Crippen LogP contribution in [-0.4, -0.2) is 28.1 Å². The minimum atomic E-state index is -0.800. The zero-order chi connectivity index (χ0) is 21.7. The molecule has 0 aliphatic rings. The van der Waals surface area contributed by atoms with Crippen molar-refractivity contribution in [1.29, 1.82) is 0 Å². The summed E-state index contributed by atoms with van der Waals surface area (Å²) in [6, 6.07) is 12.1. The van der Waals surface area contributed by atoms with E-state index in [4.69, 9.17) is 0 Å². The first-order valence-electron chi connectivity index (χ1n) is 9.34. The first-order valence-corrected chi connectivity index (χ1v) is 10.9. The quantitative estimate of drug-likeness (QED) is 0.493. The molecule has 2 atom stereocenters. The van der Waals surface area contributed by atoms with Gasteiger partial charge in [0.25, 0.3) is 5.91 Å². The number of carbonyl (C=O) groups excluding carboxylic acids is 2. The maximum absolute atomic E-state index is 13.4. The monoisotopic (exact) mass is 490 g/mol. The highest BCUT2D eigenvalue weighted by molar-refractivity contribution is 9.10. The number of halogens is 2. The van der Waals surface area contributed by atoms with E-state index in [1.807, 2.05) is 38.1 Å². The lowest BCUT2D eigenvalue weighted by Gasteiger charge is -2.23. The van der Waals surface area contributed by atoms with Crippen LogP contribution in [0.5, 0.6) is 0 Å². The number of nitrogens with zero attached hydrogens (tertiary/aromatic N) is 2. The number of aromatic nitrogens is 2. The molecule has 0 fully saturated rings. The SMILES string of the molecule is CCC(C)C(NC(=O)c1cccc(F)c1)C(=O)Nc1nnc(-c2ccc(Br)cc2)s1. The number of benzene rings is 2. The molecule has 6 nitrogen and oxygen atoms in total. The Morgan fingerprint density at radius 2 is 1.90 bits per heavy atom. The third kappa shape index (κ3) is 5.48. The lowest BCUT2D eigenvalue weighted by molar-refractivity contribution is -0.119. The van der Waals surface area contributed by atoms with Crippen LogP contribution in [0.15, 0.2) is 53.0 Å². The molecule has 0 aliphatic carbocycles. The lowest BCUT2D eigenvalue weighted by Crippen LogP contribution is -2.47. The summed E-state index contributed by atoms with van der Waals surface area (Å²) in [6.45, 7) is 3.79. The fourth-order valence-corrected chi connectivity index (χ4v) is 3.74. The maximum Gasteiger partial charge on any atom is 0.252 e. The van der Waals surface area contributed by atoms with Crippen LogP contribution in [0, 0.1) is 11.7 Å². The van der Waals surface area contributed by atoms with Gasteiger partial charge in [-0.3, -0.25) is 14.9 Å². The van der Waals surface area contributed by atoms with Gasteiger partial charge in [0.1, 0.15) is 16.9 Å². The van der Waals surface area contributed by atoms with Gasteiger partial charge in [0, 0.05) is 15.6 Å². The van der Waals surface area contributed by atoms with Crippen LogP contribution >= 0.6 is 27.3 Å². The minimum absolute atomic E-state index is 0.138. The summed E-state index contributed by atoms with van der Waals surface area (Å²) in [4.78, 5) is 25.4. The third-order valence-corrected chi connectivity index (χ3v) is 6.03. The molecule has 156 valence electrons. The van der Waals surface area contributed by atoms with E-state index in [0.717, 1.165) is 16.1 Å². The van der Waals surface area contributed by atoms with Crippen molar-refractivity contribution in [3.63, 3.8) is 0 Å². The van der Waals surface area contributed by atoms with E-state index in [1.165, 1.54) is 29.5 Å². The molecule has 0 bridgehead atoms. The summed E-state index contributed by atoms with van der Waals surface area (Å²) in [6.07, 6.45) is 0.668. The molecule has 2 aromatic carbocycles. The average Bonchev–Trinajstić information content (AvgIpc) is 3.20. The molecule has 3 aromatic rings. The van der Waals surface area contributed by atoms with Crippen molar-refractivity contribution in [3.05, 3.63) is 64.4 Å². The van der Waals surface area contributed by atoms with Crippen LogP contribution in [0.1, 0.15) is 30.6 Å². The Labute approximate surface area is 186 Å². The number of amides is 2. The average molecular weight is 491 g/mol. The van der Waals surface area contributed by atoms with Crippen molar-refractivity contribution in [1.82, 2.24) is 15.5 Å². The van der Waals surface area contributed by atoms with Crippen LogP contribution in [0.4, 0.5) is 9.52 Å². The van der Waals surface area contributed by atoms with Gasteiger partial charge in [0.15, 0.2) is 0 Å². The first kappa shape index (κ1) is 22.0. The molecule has 0 radical (unpaired) electrons. The van der Waals surface area contributed by atoms with Crippen molar-refractivity contribution in [3.8, 4) is 10.6 Å². The van der Waals surface area contributed by atoms with Gasteiger partial charge in [-0.15, -0.1) is 10.2 Å². The molecule has 0 spiro atoms. The molecule has 2 unspecified atom stereocenters. The molecule has 1 heterocycles. The van der Waals surface area contributed by atoms with Gasteiger partial charge in [-0.25, -0.2) is 4.39 Å². The highest BCUT2D eigenvalue weighted by atomic mass is 79.9. The Morgan fingerprint density at radius 1 is 1.17 bits per heavy atom. The van der Waals surface area contributed by atoms with E-state index in [9.17, 15) is 14.0 Å². The highest BCUT2D eigenvalue weighted by Crippen LogP contribution is 2.27. The van der Waals surface area contributed by atoms with Gasteiger partial charge in [-0.2, -0.15) is 0 Å². The maximum atomic E-state index is 13.4. The third-order valence-electron chi connectivity index (χ3n) is 4.62. The summed E-state index contributed by atoms with van der Waals surface area (Å²) >= 11 is 4.63. The van der Waals surface area contributed by atoms with Gasteiger partial charge in [0.05, 0.1) is 0 Å². The standard InChI is InChI=1S/C21H20BrFN4O2S/c1-3-12(2)17(24-18(28)14-5-4-6-16(23)11-14)19(29)25-21-27-26-20(30-21)13-7-9-15(22)10-8-13/h4-12,17H,3H2,1-2H3,(H,24,28)(H,25,27,29). The summed E-state index contributed by atoms with van der Waals surface area (Å²) in [5.74, 6) is -1.56. The second-order valence-corrected chi connectivity index (χ2v) is 8.65. The Balaban J connectivity index is 1.73. The van der Waals surface area contributed by atoms with Crippen molar-refractivity contribution in [2.24, 2.45) is 5.92 Å². The van der Waals surface area contributed by atoms with Gasteiger partial charge in [-0.1, -0.05) is 65.7 Å². The largest absolute Gasteiger partial charge is 0.340 e. The Kier molecular flexibility index (Phi) is 7.28. The van der Waals surface area contributed by atoms with E-state index in [1.54, 1.807) is 0 Å². The van der Waals surface area contributed by atoms with E-state index >= 15 is 0 Å². The second kappa shape index (κ2) is 9.90. The summed E-state index contributed by atoms with van der Waals surface area (Å²) in [5, 5.41) is 14.6. The molecule has 1 aromatic heterocycles. The van der Waals surface area contributed by atoms with Crippen LogP contribution in [-0.2, 0) is 4.79 Å². The fraction of sp³-hybridized carbons (Fsp3) is 0.238. The van der Waals surface area contributed by atoms with Crippen LogP contribution < -0.4 is 10.6 Å². The van der Waals surface area contributed by atoms with Crippen LogP contribution in [0.25, 0.3) is 10.6 Å². The topological polar surface area (TPSA) is 84.0 Å². The number of rotatable bonds is 7. The number of hydrogen-bond acceptors (Lipinski definition) is 5. The molecule has 0 saturated carbocycles. The zero-order valence-electron chi connectivity index (χ0n) is 16.4. The predicted molar refractivity (Wildman–Crippen MR) is 119 cm³/mol. The second-order valence-electron chi connectivity index (χ2n) is 6.76. The normalized spacial score (nSPS) is 12.8. The van der Waals surface area contributed by atoms with Crippen molar-refractivity contribution >= 4 is 44.2 Å². The van der Waals surface area contributed by atoms with Crippen LogP contribution in [0.3, 0.4) is 0 Å². The number of nitrogens with one attached hydrogen (secondary N) is 2. The molecular weight excluding hydrogens is 471 g/mol. The van der Waals surface area contributed by atoms with E-state index in [-0.39, 0.29) is 11.5 Å². The van der Waals surface area contributed by atoms with Gasteiger partial charge in [-0.05, 0) is 36.2 Å². The predicted octanol–water partition coefficient (Wildman–Crippen LogP) is 4.89. The molecular formula is C21H20BrFN4O2S. The molecule has 0 aliphatic heterocycles. The number of carbonyl (C=O) groups is 2. The van der Waals surface area contributed by atoms with Gasteiger partial charge < -0.3 is 5.32 Å². The summed E-state index contributed by atoms with van der Waals surface area (Å²) in [7, 11) is 0. The Morgan fingerprint density at radius 3 is 2.57 bits per heavy atom.